The van der Waals surface area contributed by atoms with E-state index in [0.717, 1.165) is 18.6 Å². The number of urea groups is 1. The maximum absolute atomic E-state index is 13.2. The predicted octanol–water partition coefficient (Wildman–Crippen LogP) is 3.94. The molecule has 2 heterocycles. The van der Waals surface area contributed by atoms with Crippen molar-refractivity contribution in [3.63, 3.8) is 0 Å². The summed E-state index contributed by atoms with van der Waals surface area (Å²) in [7, 11) is 0. The van der Waals surface area contributed by atoms with E-state index < -0.39 is 29.7 Å². The average Bonchev–Trinajstić information content (AvgIpc) is 2.67. The number of nitrogens with one attached hydrogen (secondary N) is 2. The summed E-state index contributed by atoms with van der Waals surface area (Å²) in [4.78, 5) is 27.6. The zero-order valence-electron chi connectivity index (χ0n) is 17.4. The van der Waals surface area contributed by atoms with E-state index in [-0.39, 0.29) is 22.7 Å². The summed E-state index contributed by atoms with van der Waals surface area (Å²) >= 11 is 0. The van der Waals surface area contributed by atoms with E-state index in [9.17, 15) is 22.8 Å². The number of pyridine rings is 1. The lowest BCUT2D eigenvalue weighted by atomic mass is 9.91. The van der Waals surface area contributed by atoms with Gasteiger partial charge in [0, 0.05) is 12.7 Å². The summed E-state index contributed by atoms with van der Waals surface area (Å²) in [6.07, 6.45) is 2.74. The van der Waals surface area contributed by atoms with Crippen molar-refractivity contribution in [2.75, 3.05) is 11.9 Å². The quantitative estimate of drug-likeness (QED) is 0.587. The second kappa shape index (κ2) is 10.3. The first-order chi connectivity index (χ1) is 14.5. The molecular weight excluding hydrogens is 411 g/mol. The summed E-state index contributed by atoms with van der Waals surface area (Å²) in [6, 6.07) is 0.253. The summed E-state index contributed by atoms with van der Waals surface area (Å²) < 4.78 is 39.7. The molecule has 3 amide bonds. The Bertz CT molecular complexity index is 895. The Morgan fingerprint density at radius 2 is 2.03 bits per heavy atom. The van der Waals surface area contributed by atoms with Gasteiger partial charge in [-0.3, -0.25) is 15.2 Å². The van der Waals surface area contributed by atoms with Gasteiger partial charge in [0.05, 0.1) is 29.1 Å². The van der Waals surface area contributed by atoms with Gasteiger partial charge in [0.25, 0.3) is 0 Å². The van der Waals surface area contributed by atoms with Crippen LogP contribution in [0.5, 0.6) is 0 Å². The minimum absolute atomic E-state index is 0.129. The van der Waals surface area contributed by atoms with E-state index in [1.807, 2.05) is 6.92 Å². The Morgan fingerprint density at radius 1 is 1.32 bits per heavy atom. The molecular formula is C21H26F3N5O2. The molecule has 0 saturated carbocycles. The van der Waals surface area contributed by atoms with Crippen molar-refractivity contribution in [2.45, 2.75) is 38.9 Å². The number of nitrogens with two attached hydrogens (primary N) is 1. The second-order valence-corrected chi connectivity index (χ2v) is 7.42. The Labute approximate surface area is 178 Å². The fraction of sp³-hybridized carbons (Fsp3) is 0.381. The summed E-state index contributed by atoms with van der Waals surface area (Å²) in [5.74, 6) is -0.461. The van der Waals surface area contributed by atoms with Crippen LogP contribution in [-0.4, -0.2) is 40.7 Å². The van der Waals surface area contributed by atoms with Gasteiger partial charge >= 0.3 is 12.2 Å². The highest BCUT2D eigenvalue weighted by Crippen LogP contribution is 2.31. The molecule has 0 aromatic carbocycles. The molecule has 1 aromatic rings. The zero-order valence-corrected chi connectivity index (χ0v) is 17.4. The molecule has 1 aliphatic heterocycles. The first-order valence-corrected chi connectivity index (χ1v) is 9.70. The molecule has 2 rings (SSSR count). The molecule has 1 saturated heterocycles. The minimum atomic E-state index is -4.51. The lowest BCUT2D eigenvalue weighted by molar-refractivity contribution is -0.0883. The molecule has 7 nitrogen and oxygen atoms in total. The van der Waals surface area contributed by atoms with Gasteiger partial charge in [-0.25, -0.2) is 9.80 Å². The molecule has 4 N–H and O–H groups in total. The number of amides is 3. The summed E-state index contributed by atoms with van der Waals surface area (Å²) in [5.41, 5.74) is 7.70. The van der Waals surface area contributed by atoms with Crippen molar-refractivity contribution in [2.24, 2.45) is 11.7 Å². The van der Waals surface area contributed by atoms with E-state index in [1.54, 1.807) is 5.01 Å². The van der Waals surface area contributed by atoms with Gasteiger partial charge in [0.15, 0.2) is 0 Å². The monoisotopic (exact) mass is 437 g/mol. The number of aromatic nitrogens is 1. The van der Waals surface area contributed by atoms with Gasteiger partial charge in [0.1, 0.15) is 0 Å². The molecule has 0 radical (unpaired) electrons. The van der Waals surface area contributed by atoms with Crippen molar-refractivity contribution in [1.29, 1.82) is 0 Å². The largest absolute Gasteiger partial charge is 0.416 e. The smallest absolute Gasteiger partial charge is 0.366 e. The van der Waals surface area contributed by atoms with Gasteiger partial charge < -0.3 is 11.1 Å². The first kappa shape index (κ1) is 24.1. The molecule has 31 heavy (non-hydrogen) atoms. The van der Waals surface area contributed by atoms with Crippen molar-refractivity contribution >= 4 is 17.6 Å². The fourth-order valence-electron chi connectivity index (χ4n) is 3.29. The standard InChI is InChI=1S/C21H26F3N5O2/c1-4-5-16(21(22,23)24)8-14(3)18-7-6-13(2)12-29(18)28-20(31)27-17-9-15(19(25)30)10-26-11-17/h4-5,8-11,13,18H,3,6-7,12H2,1-2H3,(H2,25,30)(H2,27,28,31)/b5-4-,16-8+/t13-,18+/m1/s1. The number of nitrogens with zero attached hydrogens (tertiary/aromatic N) is 2. The van der Waals surface area contributed by atoms with Crippen LogP contribution in [0.1, 0.15) is 37.0 Å². The number of hydrogen-bond donors (Lipinski definition) is 3. The number of hydrogen-bond acceptors (Lipinski definition) is 4. The lowest BCUT2D eigenvalue weighted by Crippen LogP contribution is -2.54. The third-order valence-corrected chi connectivity index (χ3v) is 4.79. The summed E-state index contributed by atoms with van der Waals surface area (Å²) in [5, 5.41) is 4.13. The van der Waals surface area contributed by atoms with E-state index in [1.165, 1.54) is 31.5 Å². The van der Waals surface area contributed by atoms with Crippen LogP contribution in [0.4, 0.5) is 23.7 Å². The number of carbonyl (C=O) groups excluding carboxylic acids is 2. The molecule has 10 heteroatoms. The maximum Gasteiger partial charge on any atom is 0.416 e. The fourth-order valence-corrected chi connectivity index (χ4v) is 3.29. The van der Waals surface area contributed by atoms with Gasteiger partial charge in [0.2, 0.25) is 5.91 Å². The van der Waals surface area contributed by atoms with Crippen LogP contribution >= 0.6 is 0 Å². The number of piperidine rings is 1. The van der Waals surface area contributed by atoms with Crippen molar-refractivity contribution < 1.29 is 22.8 Å². The molecule has 2 atom stereocenters. The number of primary amides is 1. The molecule has 0 bridgehead atoms. The number of anilines is 1. The van der Waals surface area contributed by atoms with Gasteiger partial charge in [-0.1, -0.05) is 25.7 Å². The van der Waals surface area contributed by atoms with E-state index in [4.69, 9.17) is 5.73 Å². The van der Waals surface area contributed by atoms with Crippen molar-refractivity contribution in [3.05, 3.63) is 60.0 Å². The first-order valence-electron chi connectivity index (χ1n) is 9.70. The lowest BCUT2D eigenvalue weighted by Gasteiger charge is -2.39. The predicted molar refractivity (Wildman–Crippen MR) is 112 cm³/mol. The van der Waals surface area contributed by atoms with Crippen LogP contribution in [-0.2, 0) is 0 Å². The molecule has 1 aromatic heterocycles. The normalized spacial score (nSPS) is 20.5. The van der Waals surface area contributed by atoms with Crippen LogP contribution in [0, 0.1) is 5.92 Å². The topological polar surface area (TPSA) is 100 Å². The highest BCUT2D eigenvalue weighted by atomic mass is 19.4. The van der Waals surface area contributed by atoms with Crippen LogP contribution < -0.4 is 16.5 Å². The number of halogens is 3. The molecule has 168 valence electrons. The van der Waals surface area contributed by atoms with Crippen LogP contribution in [0.2, 0.25) is 0 Å². The van der Waals surface area contributed by atoms with Crippen molar-refractivity contribution in [1.82, 2.24) is 15.4 Å². The maximum atomic E-state index is 13.2. The third kappa shape index (κ3) is 6.95. The number of allylic oxidation sites excluding steroid dienone is 3. The van der Waals surface area contributed by atoms with Crippen LogP contribution in [0.15, 0.2) is 54.4 Å². The van der Waals surface area contributed by atoms with E-state index in [2.05, 4.69) is 22.3 Å². The molecule has 1 fully saturated rings. The molecule has 0 aliphatic carbocycles. The van der Waals surface area contributed by atoms with Gasteiger partial charge in [-0.05, 0) is 43.4 Å². The van der Waals surface area contributed by atoms with Gasteiger partial charge in [-0.15, -0.1) is 0 Å². The third-order valence-electron chi connectivity index (χ3n) is 4.79. The number of rotatable bonds is 6. The summed E-state index contributed by atoms with van der Waals surface area (Å²) in [6.45, 7) is 7.76. The Hall–Kier alpha value is -3.14. The average molecular weight is 437 g/mol. The number of carbonyl (C=O) groups is 2. The highest BCUT2D eigenvalue weighted by molar-refractivity contribution is 5.95. The minimum Gasteiger partial charge on any atom is -0.366 e. The van der Waals surface area contributed by atoms with E-state index >= 15 is 0 Å². The zero-order chi connectivity index (χ0) is 23.2. The van der Waals surface area contributed by atoms with Crippen molar-refractivity contribution in [3.8, 4) is 0 Å². The Morgan fingerprint density at radius 3 is 2.65 bits per heavy atom. The molecule has 0 unspecified atom stereocenters. The van der Waals surface area contributed by atoms with Gasteiger partial charge in [-0.2, -0.15) is 13.2 Å². The highest BCUT2D eigenvalue weighted by Gasteiger charge is 2.34. The number of alkyl halides is 3. The molecule has 1 aliphatic rings. The Balaban J connectivity index is 2.16. The SMILES string of the molecule is C=C(/C=C(\C=C/C)C(F)(F)F)[C@@H]1CC[C@@H](C)CN1NC(=O)Nc1cncc(C(N)=O)c1. The van der Waals surface area contributed by atoms with E-state index in [0.29, 0.717) is 13.0 Å². The second-order valence-electron chi connectivity index (χ2n) is 7.42. The molecule has 0 spiro atoms. The number of hydrazine groups is 1. The van der Waals surface area contributed by atoms with Crippen LogP contribution in [0.3, 0.4) is 0 Å². The van der Waals surface area contributed by atoms with Crippen LogP contribution in [0.25, 0.3) is 0 Å². The Kier molecular flexibility index (Phi) is 7.98.